The lowest BCUT2D eigenvalue weighted by Crippen LogP contribution is -2.06. The zero-order chi connectivity index (χ0) is 22.2. The van der Waals surface area contributed by atoms with E-state index in [1.54, 1.807) is 12.1 Å². The average molecular weight is 425 g/mol. The van der Waals surface area contributed by atoms with Gasteiger partial charge in [-0.2, -0.15) is 0 Å². The molecule has 0 spiro atoms. The summed E-state index contributed by atoms with van der Waals surface area (Å²) < 4.78 is 11.1. The highest BCUT2D eigenvalue weighted by Gasteiger charge is 2.06. The average Bonchev–Trinajstić information content (AvgIpc) is 2.81. The zero-order valence-corrected chi connectivity index (χ0v) is 18.7. The third kappa shape index (κ3) is 10.3. The van der Waals surface area contributed by atoms with Crippen molar-refractivity contribution in [3.63, 3.8) is 0 Å². The Labute approximate surface area is 186 Å². The molecule has 0 saturated carbocycles. The number of benzene rings is 2. The number of rotatable bonds is 15. The van der Waals surface area contributed by atoms with Crippen LogP contribution < -0.4 is 4.74 Å². The van der Waals surface area contributed by atoms with Gasteiger partial charge < -0.3 is 14.6 Å². The molecule has 4 heteroatoms. The first kappa shape index (κ1) is 24.7. The Morgan fingerprint density at radius 1 is 0.774 bits per heavy atom. The number of carbonyl (C=O) groups excluding carboxylic acids is 1. The van der Waals surface area contributed by atoms with Crippen molar-refractivity contribution in [3.8, 4) is 5.75 Å². The molecule has 0 atom stereocenters. The molecule has 2 rings (SSSR count). The third-order valence-electron chi connectivity index (χ3n) is 5.05. The van der Waals surface area contributed by atoms with Gasteiger partial charge in [0.25, 0.3) is 0 Å². The van der Waals surface area contributed by atoms with Crippen LogP contribution in [0.5, 0.6) is 5.75 Å². The van der Waals surface area contributed by atoms with Crippen LogP contribution in [0, 0.1) is 0 Å². The van der Waals surface area contributed by atoms with E-state index >= 15 is 0 Å². The highest BCUT2D eigenvalue weighted by Crippen LogP contribution is 2.16. The number of unbranched alkanes of at least 4 members (excludes halogenated alkanes) is 6. The summed E-state index contributed by atoms with van der Waals surface area (Å²) in [5, 5.41) is 8.75. The number of hydrogen-bond donors (Lipinski definition) is 1. The molecule has 0 radical (unpaired) electrons. The molecule has 2 aromatic rings. The molecule has 168 valence electrons. The van der Waals surface area contributed by atoms with E-state index < -0.39 is 0 Å². The van der Waals surface area contributed by atoms with Crippen molar-refractivity contribution < 1.29 is 19.4 Å². The van der Waals surface area contributed by atoms with Gasteiger partial charge in [-0.05, 0) is 61.1 Å². The molecular formula is C27H36O4. The standard InChI is InChI=1S/C27H36O4/c1-2-3-4-8-21-30-26-18-14-24(15-19-26)11-10-23-12-16-25(17-13-23)27(29)31-22-9-6-5-7-20-28/h10-19,28H,2-9,20-22H2,1H3/b11-10+. The van der Waals surface area contributed by atoms with Crippen LogP contribution in [0.15, 0.2) is 48.5 Å². The lowest BCUT2D eigenvalue weighted by molar-refractivity contribution is 0.0497. The van der Waals surface area contributed by atoms with Gasteiger partial charge in [-0.25, -0.2) is 4.79 Å². The van der Waals surface area contributed by atoms with Gasteiger partial charge in [-0.3, -0.25) is 0 Å². The number of aliphatic hydroxyl groups excluding tert-OH is 1. The Bertz CT molecular complexity index is 763. The van der Waals surface area contributed by atoms with E-state index in [1.807, 2.05) is 48.6 Å². The number of aliphatic hydroxyl groups is 1. The molecule has 2 aromatic carbocycles. The molecule has 0 aromatic heterocycles. The topological polar surface area (TPSA) is 55.8 Å². The Balaban J connectivity index is 1.74. The first-order chi connectivity index (χ1) is 15.2. The van der Waals surface area contributed by atoms with Crippen molar-refractivity contribution in [2.24, 2.45) is 0 Å². The smallest absolute Gasteiger partial charge is 0.338 e. The second kappa shape index (κ2) is 15.2. The highest BCUT2D eigenvalue weighted by atomic mass is 16.5. The van der Waals surface area contributed by atoms with E-state index in [1.165, 1.54) is 19.3 Å². The van der Waals surface area contributed by atoms with E-state index in [2.05, 4.69) is 6.92 Å². The first-order valence-corrected chi connectivity index (χ1v) is 11.5. The van der Waals surface area contributed by atoms with Gasteiger partial charge in [-0.15, -0.1) is 0 Å². The lowest BCUT2D eigenvalue weighted by atomic mass is 10.1. The minimum atomic E-state index is -0.289. The van der Waals surface area contributed by atoms with Crippen molar-refractivity contribution in [1.29, 1.82) is 0 Å². The van der Waals surface area contributed by atoms with Crippen LogP contribution in [-0.4, -0.2) is 30.9 Å². The normalized spacial score (nSPS) is 11.0. The van der Waals surface area contributed by atoms with Crippen molar-refractivity contribution in [2.45, 2.75) is 58.3 Å². The summed E-state index contributed by atoms with van der Waals surface area (Å²) in [6.07, 6.45) is 12.5. The van der Waals surface area contributed by atoms with Crippen LogP contribution >= 0.6 is 0 Å². The summed E-state index contributed by atoms with van der Waals surface area (Å²) in [5.74, 6) is 0.618. The third-order valence-corrected chi connectivity index (χ3v) is 5.05. The number of carbonyl (C=O) groups is 1. The predicted octanol–water partition coefficient (Wildman–Crippen LogP) is 6.53. The summed E-state index contributed by atoms with van der Waals surface area (Å²) in [6.45, 7) is 3.62. The minimum Gasteiger partial charge on any atom is -0.494 e. The fraction of sp³-hybridized carbons (Fsp3) is 0.444. The second-order valence-corrected chi connectivity index (χ2v) is 7.71. The summed E-state index contributed by atoms with van der Waals surface area (Å²) in [5.41, 5.74) is 2.69. The zero-order valence-electron chi connectivity index (χ0n) is 18.7. The summed E-state index contributed by atoms with van der Waals surface area (Å²) in [6, 6.07) is 15.5. The Kier molecular flexibility index (Phi) is 12.1. The molecule has 0 unspecified atom stereocenters. The second-order valence-electron chi connectivity index (χ2n) is 7.71. The predicted molar refractivity (Wildman–Crippen MR) is 127 cm³/mol. The van der Waals surface area contributed by atoms with Gasteiger partial charge in [0, 0.05) is 6.61 Å². The molecule has 0 aliphatic heterocycles. The molecule has 0 fully saturated rings. The largest absolute Gasteiger partial charge is 0.494 e. The number of ether oxygens (including phenoxy) is 2. The quantitative estimate of drug-likeness (QED) is 0.201. The minimum absolute atomic E-state index is 0.222. The van der Waals surface area contributed by atoms with Gasteiger partial charge in [-0.1, -0.05) is 69.0 Å². The molecule has 0 aliphatic rings. The van der Waals surface area contributed by atoms with Gasteiger partial charge in [0.2, 0.25) is 0 Å². The maximum absolute atomic E-state index is 12.1. The van der Waals surface area contributed by atoms with E-state index in [4.69, 9.17) is 14.6 Å². The van der Waals surface area contributed by atoms with Gasteiger partial charge in [0.05, 0.1) is 18.8 Å². The molecule has 0 aliphatic carbocycles. The van der Waals surface area contributed by atoms with Crippen LogP contribution in [-0.2, 0) is 4.74 Å². The van der Waals surface area contributed by atoms with Crippen molar-refractivity contribution in [3.05, 3.63) is 65.2 Å². The van der Waals surface area contributed by atoms with Gasteiger partial charge >= 0.3 is 5.97 Å². The molecule has 4 nitrogen and oxygen atoms in total. The summed E-state index contributed by atoms with van der Waals surface area (Å²) >= 11 is 0. The molecular weight excluding hydrogens is 388 g/mol. The fourth-order valence-electron chi connectivity index (χ4n) is 3.13. The number of hydrogen-bond acceptors (Lipinski definition) is 4. The van der Waals surface area contributed by atoms with Crippen LogP contribution in [0.25, 0.3) is 12.2 Å². The van der Waals surface area contributed by atoms with E-state index in [9.17, 15) is 4.79 Å². The molecule has 1 N–H and O–H groups in total. The molecule has 0 bridgehead atoms. The fourth-order valence-corrected chi connectivity index (χ4v) is 3.13. The molecule has 0 amide bonds. The van der Waals surface area contributed by atoms with Crippen molar-refractivity contribution in [2.75, 3.05) is 19.8 Å². The molecule has 0 heterocycles. The van der Waals surface area contributed by atoms with E-state index in [0.717, 1.165) is 55.6 Å². The maximum Gasteiger partial charge on any atom is 0.338 e. The Hall–Kier alpha value is -2.59. The maximum atomic E-state index is 12.1. The van der Waals surface area contributed by atoms with Crippen LogP contribution in [0.3, 0.4) is 0 Å². The van der Waals surface area contributed by atoms with Crippen LogP contribution in [0.4, 0.5) is 0 Å². The highest BCUT2D eigenvalue weighted by molar-refractivity contribution is 5.89. The monoisotopic (exact) mass is 424 g/mol. The molecule has 31 heavy (non-hydrogen) atoms. The van der Waals surface area contributed by atoms with E-state index in [-0.39, 0.29) is 12.6 Å². The van der Waals surface area contributed by atoms with Crippen LogP contribution in [0.1, 0.15) is 79.8 Å². The van der Waals surface area contributed by atoms with Crippen LogP contribution in [0.2, 0.25) is 0 Å². The Morgan fingerprint density at radius 3 is 2.00 bits per heavy atom. The SMILES string of the molecule is CCCCCCOc1ccc(/C=C/c2ccc(C(=O)OCCCCCCO)cc2)cc1. The molecule has 0 saturated heterocycles. The Morgan fingerprint density at radius 2 is 1.35 bits per heavy atom. The van der Waals surface area contributed by atoms with Gasteiger partial charge in [0.1, 0.15) is 5.75 Å². The number of esters is 1. The van der Waals surface area contributed by atoms with E-state index in [0.29, 0.717) is 12.2 Å². The van der Waals surface area contributed by atoms with Crippen molar-refractivity contribution >= 4 is 18.1 Å². The van der Waals surface area contributed by atoms with Gasteiger partial charge in [0.15, 0.2) is 0 Å². The summed E-state index contributed by atoms with van der Waals surface area (Å²) in [4.78, 5) is 12.1. The van der Waals surface area contributed by atoms with Crippen molar-refractivity contribution in [1.82, 2.24) is 0 Å². The summed E-state index contributed by atoms with van der Waals surface area (Å²) in [7, 11) is 0. The lowest BCUT2D eigenvalue weighted by Gasteiger charge is -2.06. The first-order valence-electron chi connectivity index (χ1n) is 11.5.